The molecule has 0 saturated carbocycles. The molecule has 0 aliphatic rings. The van der Waals surface area contributed by atoms with Crippen LogP contribution >= 0.6 is 0 Å². The predicted molar refractivity (Wildman–Crippen MR) is 76.7 cm³/mol. The number of anilines is 1. The van der Waals surface area contributed by atoms with Gasteiger partial charge in [-0.3, -0.25) is 4.98 Å². The number of pyridine rings is 1. The van der Waals surface area contributed by atoms with Crippen molar-refractivity contribution in [1.82, 2.24) is 4.98 Å². The Balaban J connectivity index is 2.11. The lowest BCUT2D eigenvalue weighted by Gasteiger charge is -2.18. The molecular formula is C16H19FN2. The first-order valence-corrected chi connectivity index (χ1v) is 6.69. The Morgan fingerprint density at radius 2 is 1.84 bits per heavy atom. The van der Waals surface area contributed by atoms with E-state index in [0.29, 0.717) is 0 Å². The summed E-state index contributed by atoms with van der Waals surface area (Å²) in [4.78, 5) is 4.14. The van der Waals surface area contributed by atoms with Crippen LogP contribution in [-0.2, 0) is 6.42 Å². The van der Waals surface area contributed by atoms with Crippen LogP contribution in [0.4, 0.5) is 10.1 Å². The van der Waals surface area contributed by atoms with Crippen LogP contribution in [0.15, 0.2) is 42.6 Å². The van der Waals surface area contributed by atoms with E-state index in [9.17, 15) is 4.39 Å². The molecule has 1 heterocycles. The second-order valence-electron chi connectivity index (χ2n) is 4.56. The Bertz CT molecular complexity index is 505. The van der Waals surface area contributed by atoms with Crippen molar-refractivity contribution in [3.63, 3.8) is 0 Å². The smallest absolute Gasteiger partial charge is 0.141 e. The van der Waals surface area contributed by atoms with Crippen molar-refractivity contribution < 1.29 is 4.39 Å². The highest BCUT2D eigenvalue weighted by atomic mass is 19.1. The van der Waals surface area contributed by atoms with Crippen molar-refractivity contribution in [1.29, 1.82) is 0 Å². The van der Waals surface area contributed by atoms with Gasteiger partial charge >= 0.3 is 0 Å². The zero-order valence-electron chi connectivity index (χ0n) is 11.4. The van der Waals surface area contributed by atoms with Gasteiger partial charge in [-0.25, -0.2) is 4.39 Å². The largest absolute Gasteiger partial charge is 0.377 e. The molecule has 0 aliphatic carbocycles. The van der Waals surface area contributed by atoms with Crippen LogP contribution in [0, 0.1) is 5.82 Å². The molecular weight excluding hydrogens is 239 g/mol. The Morgan fingerprint density at radius 3 is 2.37 bits per heavy atom. The number of aromatic nitrogens is 1. The number of nitrogens with one attached hydrogen (secondary N) is 1. The van der Waals surface area contributed by atoms with Crippen molar-refractivity contribution in [3.05, 3.63) is 59.7 Å². The summed E-state index contributed by atoms with van der Waals surface area (Å²) in [6, 6.07) is 11.7. The van der Waals surface area contributed by atoms with E-state index in [2.05, 4.69) is 48.4 Å². The first-order chi connectivity index (χ1) is 9.22. The van der Waals surface area contributed by atoms with Gasteiger partial charge < -0.3 is 5.32 Å². The maximum Gasteiger partial charge on any atom is 0.141 e. The fourth-order valence-corrected chi connectivity index (χ4v) is 2.02. The molecule has 0 fully saturated rings. The molecule has 1 unspecified atom stereocenters. The molecule has 19 heavy (non-hydrogen) atoms. The zero-order chi connectivity index (χ0) is 13.7. The summed E-state index contributed by atoms with van der Waals surface area (Å²) in [7, 11) is 0. The first-order valence-electron chi connectivity index (χ1n) is 6.69. The third-order valence-corrected chi connectivity index (χ3v) is 3.22. The molecule has 1 N–H and O–H groups in total. The van der Waals surface area contributed by atoms with Gasteiger partial charge in [-0.05, 0) is 42.7 Å². The highest BCUT2D eigenvalue weighted by Crippen LogP contribution is 2.21. The Labute approximate surface area is 113 Å². The predicted octanol–water partition coefficient (Wildman–Crippen LogP) is 4.35. The van der Waals surface area contributed by atoms with Crippen LogP contribution in [-0.4, -0.2) is 4.98 Å². The average molecular weight is 258 g/mol. The second kappa shape index (κ2) is 6.32. The van der Waals surface area contributed by atoms with Crippen LogP contribution in [0.3, 0.4) is 0 Å². The lowest BCUT2D eigenvalue weighted by Crippen LogP contribution is -2.11. The molecule has 2 nitrogen and oxygen atoms in total. The topological polar surface area (TPSA) is 24.9 Å². The molecule has 3 heteroatoms. The number of rotatable bonds is 5. The van der Waals surface area contributed by atoms with Gasteiger partial charge in [0.15, 0.2) is 0 Å². The van der Waals surface area contributed by atoms with Crippen LogP contribution < -0.4 is 5.32 Å². The Hall–Kier alpha value is -1.90. The third kappa shape index (κ3) is 3.53. The Kier molecular flexibility index (Phi) is 4.50. The average Bonchev–Trinajstić information content (AvgIpc) is 2.46. The summed E-state index contributed by atoms with van der Waals surface area (Å²) in [6.07, 6.45) is 3.20. The minimum absolute atomic E-state index is 0.105. The molecule has 1 atom stereocenters. The minimum atomic E-state index is -0.300. The highest BCUT2D eigenvalue weighted by Gasteiger charge is 2.10. The van der Waals surface area contributed by atoms with Crippen molar-refractivity contribution >= 4 is 5.69 Å². The summed E-state index contributed by atoms with van der Waals surface area (Å²) in [5.41, 5.74) is 3.25. The number of benzene rings is 1. The van der Waals surface area contributed by atoms with E-state index in [-0.39, 0.29) is 11.9 Å². The number of nitrogens with zero attached hydrogens (tertiary/aromatic N) is 1. The van der Waals surface area contributed by atoms with Crippen LogP contribution in [0.25, 0.3) is 0 Å². The summed E-state index contributed by atoms with van der Waals surface area (Å²) in [6.45, 7) is 4.23. The number of halogens is 1. The maximum absolute atomic E-state index is 12.9. The summed E-state index contributed by atoms with van der Waals surface area (Å²) < 4.78 is 12.9. The van der Waals surface area contributed by atoms with Crippen LogP contribution in [0.5, 0.6) is 0 Å². The molecule has 0 radical (unpaired) electrons. The van der Waals surface area contributed by atoms with Gasteiger partial charge in [-0.1, -0.05) is 26.0 Å². The number of aryl methyl sites for hydroxylation is 1. The van der Waals surface area contributed by atoms with E-state index in [1.165, 1.54) is 17.8 Å². The van der Waals surface area contributed by atoms with Gasteiger partial charge in [-0.15, -0.1) is 0 Å². The fourth-order valence-electron chi connectivity index (χ4n) is 2.02. The van der Waals surface area contributed by atoms with Gasteiger partial charge in [0, 0.05) is 5.69 Å². The van der Waals surface area contributed by atoms with Gasteiger partial charge in [0.2, 0.25) is 0 Å². The first kappa shape index (κ1) is 13.5. The maximum atomic E-state index is 12.9. The third-order valence-electron chi connectivity index (χ3n) is 3.22. The zero-order valence-corrected chi connectivity index (χ0v) is 11.4. The molecule has 100 valence electrons. The Morgan fingerprint density at radius 1 is 1.11 bits per heavy atom. The van der Waals surface area contributed by atoms with E-state index in [1.807, 2.05) is 0 Å². The van der Waals surface area contributed by atoms with E-state index >= 15 is 0 Å². The molecule has 2 rings (SSSR count). The monoisotopic (exact) mass is 258 g/mol. The number of hydrogen-bond acceptors (Lipinski definition) is 2. The second-order valence-corrected chi connectivity index (χ2v) is 4.56. The lowest BCUT2D eigenvalue weighted by atomic mass is 10.1. The highest BCUT2D eigenvalue weighted by molar-refractivity contribution is 5.46. The van der Waals surface area contributed by atoms with Gasteiger partial charge in [0.1, 0.15) is 5.82 Å². The molecule has 1 aromatic carbocycles. The SMILES string of the molecule is CCc1ccc(NC(CC)c2ccc(F)cn2)cc1. The molecule has 0 aliphatic heterocycles. The molecule has 0 bridgehead atoms. The summed E-state index contributed by atoms with van der Waals surface area (Å²) in [5.74, 6) is -0.300. The molecule has 0 amide bonds. The quantitative estimate of drug-likeness (QED) is 0.862. The van der Waals surface area contributed by atoms with Crippen LogP contribution in [0.1, 0.15) is 37.6 Å². The normalized spacial score (nSPS) is 12.2. The van der Waals surface area contributed by atoms with Gasteiger partial charge in [0.05, 0.1) is 17.9 Å². The van der Waals surface area contributed by atoms with Crippen molar-refractivity contribution in [2.75, 3.05) is 5.32 Å². The van der Waals surface area contributed by atoms with Crippen molar-refractivity contribution in [3.8, 4) is 0 Å². The number of hydrogen-bond donors (Lipinski definition) is 1. The summed E-state index contributed by atoms with van der Waals surface area (Å²) in [5, 5.41) is 3.43. The lowest BCUT2D eigenvalue weighted by molar-refractivity contribution is 0.614. The standard InChI is InChI=1S/C16H19FN2/c1-3-12-5-8-14(9-6-12)19-15(4-2)16-10-7-13(17)11-18-16/h5-11,15,19H,3-4H2,1-2H3. The van der Waals surface area contributed by atoms with Gasteiger partial charge in [-0.2, -0.15) is 0 Å². The van der Waals surface area contributed by atoms with Crippen LogP contribution in [0.2, 0.25) is 0 Å². The molecule has 1 aromatic heterocycles. The molecule has 2 aromatic rings. The van der Waals surface area contributed by atoms with Gasteiger partial charge in [0.25, 0.3) is 0 Å². The fraction of sp³-hybridized carbons (Fsp3) is 0.312. The molecule has 0 saturated heterocycles. The van der Waals surface area contributed by atoms with E-state index < -0.39 is 0 Å². The van der Waals surface area contributed by atoms with E-state index in [1.54, 1.807) is 6.07 Å². The minimum Gasteiger partial charge on any atom is -0.377 e. The van der Waals surface area contributed by atoms with Crippen molar-refractivity contribution in [2.45, 2.75) is 32.7 Å². The van der Waals surface area contributed by atoms with E-state index in [4.69, 9.17) is 0 Å². The summed E-state index contributed by atoms with van der Waals surface area (Å²) >= 11 is 0. The van der Waals surface area contributed by atoms with Crippen molar-refractivity contribution in [2.24, 2.45) is 0 Å². The molecule has 0 spiro atoms. The van der Waals surface area contributed by atoms with E-state index in [0.717, 1.165) is 24.2 Å².